The number of H-pyrrole nitrogens is 1. The fourth-order valence-corrected chi connectivity index (χ4v) is 2.33. The van der Waals surface area contributed by atoms with Gasteiger partial charge in [0.15, 0.2) is 0 Å². The number of carbonyl (C=O) groups excluding carboxylic acids is 1. The molecule has 0 aliphatic heterocycles. The van der Waals surface area contributed by atoms with Gasteiger partial charge >= 0.3 is 0 Å². The fraction of sp³-hybridized carbons (Fsp3) is 0.462. The zero-order valence-electron chi connectivity index (χ0n) is 10.8. The van der Waals surface area contributed by atoms with Gasteiger partial charge in [-0.2, -0.15) is 5.10 Å². The van der Waals surface area contributed by atoms with Gasteiger partial charge in [-0.1, -0.05) is 0 Å². The van der Waals surface area contributed by atoms with Crippen LogP contribution in [0.15, 0.2) is 24.7 Å². The SMILES string of the molecule is CC(NC(=O)c1cccn1C1CCC1)c1ncn[nH]1. The average Bonchev–Trinajstić information content (AvgIpc) is 2.97. The van der Waals surface area contributed by atoms with Gasteiger partial charge in [-0.25, -0.2) is 4.98 Å². The van der Waals surface area contributed by atoms with E-state index in [1.165, 1.54) is 12.7 Å². The molecule has 6 nitrogen and oxygen atoms in total. The molecule has 0 saturated heterocycles. The Morgan fingerprint density at radius 2 is 2.42 bits per heavy atom. The van der Waals surface area contributed by atoms with E-state index in [-0.39, 0.29) is 11.9 Å². The Morgan fingerprint density at radius 1 is 1.58 bits per heavy atom. The largest absolute Gasteiger partial charge is 0.341 e. The molecule has 6 heteroatoms. The summed E-state index contributed by atoms with van der Waals surface area (Å²) in [6.07, 6.45) is 6.99. The molecular weight excluding hydrogens is 242 g/mol. The molecule has 0 bridgehead atoms. The lowest BCUT2D eigenvalue weighted by Crippen LogP contribution is -2.31. The highest BCUT2D eigenvalue weighted by Crippen LogP contribution is 2.32. The van der Waals surface area contributed by atoms with Crippen LogP contribution in [0.5, 0.6) is 0 Å². The summed E-state index contributed by atoms with van der Waals surface area (Å²) in [6, 6.07) is 4.09. The van der Waals surface area contributed by atoms with Gasteiger partial charge in [-0.15, -0.1) is 0 Å². The first kappa shape index (κ1) is 12.0. The molecule has 2 heterocycles. The van der Waals surface area contributed by atoms with Gasteiger partial charge in [0, 0.05) is 12.2 Å². The predicted molar refractivity (Wildman–Crippen MR) is 69.6 cm³/mol. The lowest BCUT2D eigenvalue weighted by molar-refractivity contribution is 0.0923. The minimum atomic E-state index is -0.181. The van der Waals surface area contributed by atoms with E-state index in [2.05, 4.69) is 25.1 Å². The summed E-state index contributed by atoms with van der Waals surface area (Å²) in [5.74, 6) is 0.593. The van der Waals surface area contributed by atoms with Crippen molar-refractivity contribution in [2.75, 3.05) is 0 Å². The van der Waals surface area contributed by atoms with Crippen LogP contribution in [-0.4, -0.2) is 25.7 Å². The summed E-state index contributed by atoms with van der Waals surface area (Å²) < 4.78 is 2.08. The normalized spacial score (nSPS) is 16.9. The van der Waals surface area contributed by atoms with Crippen LogP contribution in [0.1, 0.15) is 54.6 Å². The molecule has 1 atom stereocenters. The zero-order chi connectivity index (χ0) is 13.2. The van der Waals surface area contributed by atoms with E-state index in [0.717, 1.165) is 18.5 Å². The smallest absolute Gasteiger partial charge is 0.268 e. The lowest BCUT2D eigenvalue weighted by Gasteiger charge is -2.29. The zero-order valence-corrected chi connectivity index (χ0v) is 10.8. The standard InChI is InChI=1S/C13H17N5O/c1-9(12-14-8-15-17-12)16-13(19)11-6-3-7-18(11)10-4-2-5-10/h3,6-10H,2,4-5H2,1H3,(H,16,19)(H,14,15,17). The molecule has 2 aromatic rings. The molecule has 2 aromatic heterocycles. The van der Waals surface area contributed by atoms with Gasteiger partial charge in [-0.3, -0.25) is 9.89 Å². The third-order valence-corrected chi connectivity index (χ3v) is 3.67. The number of hydrogen-bond acceptors (Lipinski definition) is 3. The number of rotatable bonds is 4. The second kappa shape index (κ2) is 4.87. The van der Waals surface area contributed by atoms with E-state index < -0.39 is 0 Å². The highest BCUT2D eigenvalue weighted by Gasteiger charge is 2.24. The highest BCUT2D eigenvalue weighted by molar-refractivity contribution is 5.93. The summed E-state index contributed by atoms with van der Waals surface area (Å²) in [5, 5.41) is 9.49. The van der Waals surface area contributed by atoms with Crippen LogP contribution in [0.3, 0.4) is 0 Å². The Hall–Kier alpha value is -2.11. The predicted octanol–water partition coefficient (Wildman–Crippen LogP) is 1.82. The summed E-state index contributed by atoms with van der Waals surface area (Å²) in [4.78, 5) is 16.3. The molecule has 1 fully saturated rings. The summed E-state index contributed by atoms with van der Waals surface area (Å²) in [6.45, 7) is 1.88. The molecule has 1 unspecified atom stereocenters. The van der Waals surface area contributed by atoms with Crippen molar-refractivity contribution < 1.29 is 4.79 Å². The van der Waals surface area contributed by atoms with Crippen molar-refractivity contribution in [3.63, 3.8) is 0 Å². The van der Waals surface area contributed by atoms with Crippen LogP contribution < -0.4 is 5.32 Å². The first-order chi connectivity index (χ1) is 9.25. The monoisotopic (exact) mass is 259 g/mol. The van der Waals surface area contributed by atoms with E-state index in [9.17, 15) is 4.79 Å². The van der Waals surface area contributed by atoms with Crippen molar-refractivity contribution in [2.24, 2.45) is 0 Å². The average molecular weight is 259 g/mol. The highest BCUT2D eigenvalue weighted by atomic mass is 16.2. The molecule has 0 aromatic carbocycles. The Labute approximate surface area is 111 Å². The van der Waals surface area contributed by atoms with Crippen molar-refractivity contribution in [3.05, 3.63) is 36.2 Å². The molecule has 19 heavy (non-hydrogen) atoms. The van der Waals surface area contributed by atoms with E-state index in [0.29, 0.717) is 11.9 Å². The van der Waals surface area contributed by atoms with Crippen LogP contribution in [0.2, 0.25) is 0 Å². The van der Waals surface area contributed by atoms with E-state index >= 15 is 0 Å². The quantitative estimate of drug-likeness (QED) is 0.879. The molecule has 3 rings (SSSR count). The number of nitrogens with zero attached hydrogens (tertiary/aromatic N) is 3. The summed E-state index contributed by atoms with van der Waals surface area (Å²) in [7, 11) is 0. The van der Waals surface area contributed by atoms with Gasteiger partial charge in [0.25, 0.3) is 5.91 Å². The third kappa shape index (κ3) is 2.25. The van der Waals surface area contributed by atoms with Gasteiger partial charge in [0.1, 0.15) is 17.8 Å². The number of aromatic nitrogens is 4. The molecule has 1 amide bonds. The van der Waals surface area contributed by atoms with Crippen molar-refractivity contribution in [1.29, 1.82) is 0 Å². The number of amides is 1. The summed E-state index contributed by atoms with van der Waals surface area (Å²) >= 11 is 0. The minimum Gasteiger partial charge on any atom is -0.341 e. The maximum absolute atomic E-state index is 12.3. The molecule has 1 saturated carbocycles. The third-order valence-electron chi connectivity index (χ3n) is 3.67. The second-order valence-electron chi connectivity index (χ2n) is 4.95. The number of hydrogen-bond donors (Lipinski definition) is 2. The van der Waals surface area contributed by atoms with E-state index in [1.807, 2.05) is 25.3 Å². The van der Waals surface area contributed by atoms with Crippen LogP contribution in [0.25, 0.3) is 0 Å². The molecule has 1 aliphatic carbocycles. The van der Waals surface area contributed by atoms with Gasteiger partial charge in [0.2, 0.25) is 0 Å². The van der Waals surface area contributed by atoms with Crippen molar-refractivity contribution in [1.82, 2.24) is 25.1 Å². The molecule has 100 valence electrons. The first-order valence-electron chi connectivity index (χ1n) is 6.58. The van der Waals surface area contributed by atoms with Crippen LogP contribution >= 0.6 is 0 Å². The Balaban J connectivity index is 1.72. The Bertz CT molecular complexity index is 555. The van der Waals surface area contributed by atoms with Crippen LogP contribution in [0.4, 0.5) is 0 Å². The number of nitrogens with one attached hydrogen (secondary N) is 2. The van der Waals surface area contributed by atoms with Crippen molar-refractivity contribution >= 4 is 5.91 Å². The summed E-state index contributed by atoms with van der Waals surface area (Å²) in [5.41, 5.74) is 0.719. The van der Waals surface area contributed by atoms with E-state index in [1.54, 1.807) is 0 Å². The Morgan fingerprint density at radius 3 is 3.05 bits per heavy atom. The first-order valence-corrected chi connectivity index (χ1v) is 6.58. The van der Waals surface area contributed by atoms with E-state index in [4.69, 9.17) is 0 Å². The number of aromatic amines is 1. The lowest BCUT2D eigenvalue weighted by atomic mass is 9.93. The van der Waals surface area contributed by atoms with Crippen LogP contribution in [-0.2, 0) is 0 Å². The van der Waals surface area contributed by atoms with Crippen molar-refractivity contribution in [3.8, 4) is 0 Å². The second-order valence-corrected chi connectivity index (χ2v) is 4.95. The van der Waals surface area contributed by atoms with Crippen LogP contribution in [0, 0.1) is 0 Å². The minimum absolute atomic E-state index is 0.0687. The molecule has 1 aliphatic rings. The van der Waals surface area contributed by atoms with Gasteiger partial charge in [0.05, 0.1) is 6.04 Å². The maximum Gasteiger partial charge on any atom is 0.268 e. The topological polar surface area (TPSA) is 75.6 Å². The molecule has 0 radical (unpaired) electrons. The van der Waals surface area contributed by atoms with Gasteiger partial charge < -0.3 is 9.88 Å². The van der Waals surface area contributed by atoms with Gasteiger partial charge in [-0.05, 0) is 38.3 Å². The Kier molecular flexibility index (Phi) is 3.06. The molecular formula is C13H17N5O. The molecule has 0 spiro atoms. The maximum atomic E-state index is 12.3. The molecule has 2 N–H and O–H groups in total. The number of carbonyl (C=O) groups is 1. The fourth-order valence-electron chi connectivity index (χ4n) is 2.33. The van der Waals surface area contributed by atoms with Crippen molar-refractivity contribution in [2.45, 2.75) is 38.3 Å².